The molecule has 0 radical (unpaired) electrons. The van der Waals surface area contributed by atoms with E-state index < -0.39 is 23.9 Å². The highest BCUT2D eigenvalue weighted by molar-refractivity contribution is 5.99. The van der Waals surface area contributed by atoms with Gasteiger partial charge in [0.2, 0.25) is 23.6 Å². The Hall–Kier alpha value is -14.4. The van der Waals surface area contributed by atoms with Crippen molar-refractivity contribution in [1.82, 2.24) is 121 Å². The molecule has 1 unspecified atom stereocenters. The third kappa shape index (κ3) is 19.6. The van der Waals surface area contributed by atoms with E-state index in [1.807, 2.05) is 147 Å². The van der Waals surface area contributed by atoms with Crippen LogP contribution >= 0.6 is 0 Å². The third-order valence-electron chi connectivity index (χ3n) is 22.2. The fourth-order valence-electron chi connectivity index (χ4n) is 15.6. The highest BCUT2D eigenvalue weighted by Gasteiger charge is 2.43. The van der Waals surface area contributed by atoms with Gasteiger partial charge in [-0.1, -0.05) is 83.2 Å². The number of aromatic nitrogens is 14. The van der Waals surface area contributed by atoms with Crippen LogP contribution in [0.1, 0.15) is 91.3 Å². The number of likely N-dealkylation sites (N-methyl/N-ethyl adjacent to an activating group) is 2. The molecule has 0 spiro atoms. The van der Waals surface area contributed by atoms with Gasteiger partial charge in [-0.15, -0.1) is 10.2 Å². The van der Waals surface area contributed by atoms with Gasteiger partial charge < -0.3 is 76.8 Å². The summed E-state index contributed by atoms with van der Waals surface area (Å²) in [5, 5.41) is 31.9. The number of aromatic amines is 4. The van der Waals surface area contributed by atoms with Gasteiger partial charge in [-0.25, -0.2) is 19.9 Å². The molecule has 8 heterocycles. The number of carbonyl (C=O) groups excluding carboxylic acids is 8. The van der Waals surface area contributed by atoms with Crippen LogP contribution in [-0.2, 0) is 45.4 Å². The maximum atomic E-state index is 14.4. The molecule has 6 aromatic heterocycles. The zero-order chi connectivity index (χ0) is 85.2. The Kier molecular flexibility index (Phi) is 24.8. The molecule has 123 heavy (non-hydrogen) atoms. The van der Waals surface area contributed by atoms with E-state index in [2.05, 4.69) is 91.4 Å². The number of nitrogens with two attached hydrogens (primary N) is 1. The second-order valence-electron chi connectivity index (χ2n) is 31.6. The summed E-state index contributed by atoms with van der Waals surface area (Å²) in [7, 11) is 7.86. The lowest BCUT2D eigenvalue weighted by atomic mass is 10.0. The van der Waals surface area contributed by atoms with Crippen molar-refractivity contribution < 1.29 is 38.4 Å². The molecule has 628 valence electrons. The summed E-state index contributed by atoms with van der Waals surface area (Å²) in [6.45, 7) is 4.71. The van der Waals surface area contributed by atoms with Crippen LogP contribution in [0.3, 0.4) is 0 Å². The average Bonchev–Trinajstić information content (AvgIpc) is 1.64. The molecule has 33 nitrogen and oxygen atoms in total. The summed E-state index contributed by atoms with van der Waals surface area (Å²) in [5.74, 6) is 0.283. The Bertz CT molecular complexity index is 6220. The number of hydrogen-bond donors (Lipinski definition) is 10. The molecule has 16 rings (SSSR count). The Morgan fingerprint density at radius 1 is 0.423 bits per heavy atom. The maximum Gasteiger partial charge on any atom is 0.251 e. The van der Waals surface area contributed by atoms with E-state index in [0.29, 0.717) is 141 Å². The summed E-state index contributed by atoms with van der Waals surface area (Å²) in [5.41, 5.74) is 22.8. The standard InChI is InChI=1S/C90H95N25O8/c1-109(2)43-36-93-85(118)59-19-11-55(12-20-59)81-97-69-31-27-63(45-73(69)101-81)65-29-33-71-75(47-65)103-83(99-71)57-15-23-61(24-16-57)87(120)95-49-67-52-112(107-105-67)39-7-35-92-51-80(117)114-41-5-10-78(114)90(123)115-42-6-9-77(115)89(122)111(54-79(91)116)38-8-40-113-53-68(106-108-113)50-96-88(121)62-25-17-58(18-26-62)84-100-72-34-30-66(48-76(72)104-84)64-28-32-70-74(46-64)102-82(98-70)56-13-21-60(22-14-56)86(119)94-37-44-110(3)4/h11-34,45-48,52-53,77-78,92H,5-10,35-44,49-51,54H2,1-4H3,(H2,91,116)(H,93,118)(H,94,119)(H,95,120)(H,96,121)(H,97,101)(H,98,102)(H,99,103)(H,100,104)/t77-,78?/m0/s1. The molecule has 0 aliphatic carbocycles. The fraction of sp³-hybridized carbons (Fsp3) is 0.289. The molecular formula is C90H95N25O8. The summed E-state index contributed by atoms with van der Waals surface area (Å²) < 4.78 is 3.28. The van der Waals surface area contributed by atoms with Crippen molar-refractivity contribution in [2.45, 2.75) is 76.8 Å². The van der Waals surface area contributed by atoms with Crippen molar-refractivity contribution in [2.75, 3.05) is 93.6 Å². The molecule has 2 fully saturated rings. The average molecular weight is 1650 g/mol. The molecule has 2 aliphatic rings. The summed E-state index contributed by atoms with van der Waals surface area (Å²) >= 11 is 0. The fourth-order valence-corrected chi connectivity index (χ4v) is 15.6. The van der Waals surface area contributed by atoms with Gasteiger partial charge in [-0.2, -0.15) is 0 Å². The zero-order valence-electron chi connectivity index (χ0n) is 68.7. The van der Waals surface area contributed by atoms with E-state index in [4.69, 9.17) is 25.7 Å². The van der Waals surface area contributed by atoms with Crippen molar-refractivity contribution in [2.24, 2.45) is 5.73 Å². The molecule has 14 aromatic rings. The van der Waals surface area contributed by atoms with Crippen molar-refractivity contribution in [3.63, 3.8) is 0 Å². The number of likely N-dealkylation sites (tertiary alicyclic amines) is 2. The predicted molar refractivity (Wildman–Crippen MR) is 466 cm³/mol. The van der Waals surface area contributed by atoms with Gasteiger partial charge in [0.15, 0.2) is 0 Å². The van der Waals surface area contributed by atoms with Crippen molar-refractivity contribution in [3.05, 3.63) is 216 Å². The Balaban J connectivity index is 0.441. The van der Waals surface area contributed by atoms with E-state index in [-0.39, 0.29) is 68.2 Å². The summed E-state index contributed by atoms with van der Waals surface area (Å²) in [6, 6.07) is 51.9. The lowest BCUT2D eigenvalue weighted by Gasteiger charge is -2.33. The number of primary amides is 1. The quantitative estimate of drug-likeness (QED) is 0.0170. The van der Waals surface area contributed by atoms with Crippen molar-refractivity contribution >= 4 is 91.4 Å². The molecule has 2 saturated heterocycles. The number of fused-ring (bicyclic) bond motifs is 4. The van der Waals surface area contributed by atoms with E-state index >= 15 is 0 Å². The minimum Gasteiger partial charge on any atom is -0.368 e. The summed E-state index contributed by atoms with van der Waals surface area (Å²) in [6.07, 6.45) is 6.51. The number of carbonyl (C=O) groups is 8. The van der Waals surface area contributed by atoms with Gasteiger partial charge in [-0.3, -0.25) is 47.7 Å². The number of benzene rings is 8. The number of amides is 8. The van der Waals surface area contributed by atoms with E-state index in [1.165, 1.54) is 4.90 Å². The van der Waals surface area contributed by atoms with Gasteiger partial charge >= 0.3 is 0 Å². The topological polar surface area (TPSA) is 415 Å². The van der Waals surface area contributed by atoms with Crippen LogP contribution in [0, 0.1) is 0 Å². The van der Waals surface area contributed by atoms with Crippen molar-refractivity contribution in [3.8, 4) is 67.8 Å². The van der Waals surface area contributed by atoms with Gasteiger partial charge in [-0.05, 0) is 193 Å². The molecule has 8 aromatic carbocycles. The normalized spacial score (nSPS) is 14.1. The first-order valence-corrected chi connectivity index (χ1v) is 41.2. The molecule has 8 amide bonds. The molecule has 2 atom stereocenters. The number of hydrogen-bond acceptors (Lipinski definition) is 19. The highest BCUT2D eigenvalue weighted by atomic mass is 16.2. The van der Waals surface area contributed by atoms with Gasteiger partial charge in [0.25, 0.3) is 23.6 Å². The molecule has 2 aliphatic heterocycles. The maximum absolute atomic E-state index is 14.4. The van der Waals surface area contributed by atoms with Gasteiger partial charge in [0.1, 0.15) is 46.8 Å². The molecule has 0 saturated carbocycles. The number of H-pyrrole nitrogens is 4. The number of aryl methyl sites for hydroxylation is 2. The third-order valence-corrected chi connectivity index (χ3v) is 22.2. The molecule has 11 N–H and O–H groups in total. The van der Waals surface area contributed by atoms with Gasteiger partial charge in [0.05, 0.1) is 82.7 Å². The molecule has 0 bridgehead atoms. The van der Waals surface area contributed by atoms with Crippen LogP contribution in [0.25, 0.3) is 112 Å². The number of nitrogens with one attached hydrogen (secondary N) is 9. The second-order valence-corrected chi connectivity index (χ2v) is 31.6. The lowest BCUT2D eigenvalue weighted by molar-refractivity contribution is -0.149. The van der Waals surface area contributed by atoms with Crippen LogP contribution in [0.4, 0.5) is 0 Å². The van der Waals surface area contributed by atoms with Crippen molar-refractivity contribution in [1.29, 1.82) is 0 Å². The van der Waals surface area contributed by atoms with Crippen LogP contribution in [0.15, 0.2) is 182 Å². The minimum absolute atomic E-state index is 0.00548. The lowest BCUT2D eigenvalue weighted by Crippen LogP contribution is -2.55. The first kappa shape index (κ1) is 82.3. The van der Waals surface area contributed by atoms with E-state index in [0.717, 1.165) is 102 Å². The highest BCUT2D eigenvalue weighted by Crippen LogP contribution is 2.34. The van der Waals surface area contributed by atoms with E-state index in [9.17, 15) is 38.4 Å². The Morgan fingerprint density at radius 3 is 1.16 bits per heavy atom. The first-order valence-electron chi connectivity index (χ1n) is 41.2. The van der Waals surface area contributed by atoms with Crippen LogP contribution in [-0.4, -0.2) is 247 Å². The number of nitrogens with zero attached hydrogens (tertiary/aromatic N) is 15. The van der Waals surface area contributed by atoms with Crippen LogP contribution < -0.4 is 32.3 Å². The minimum atomic E-state index is -0.829. The summed E-state index contributed by atoms with van der Waals surface area (Å²) in [4.78, 5) is 149. The zero-order valence-corrected chi connectivity index (χ0v) is 68.7. The second kappa shape index (κ2) is 37.1. The van der Waals surface area contributed by atoms with Gasteiger partial charge in [0, 0.05) is 103 Å². The SMILES string of the molecule is CN(C)CCNC(=O)c1ccc(-c2nc3ccc(-c4ccc5nc(-c6ccc(C(=O)NCc7cn(CCCNCC(=O)N8CCCC8C(=O)N8CCC[C@H]8C(=O)N(CCCn8cc(CNC(=O)c9ccc(-c%10nc%11ccc(-c%12ccc%13nc(-c%14ccc(C(=O)NCCN(C)C)cc%14)[nH]c%13c%12)cc%11[nH]%10)cc9)nn8)CC(N)=O)nn7)cc6)[nH]c5c4)cc3[nH]2)cc1. The Labute approximate surface area is 707 Å². The number of imidazole rings is 4. The van der Waals surface area contributed by atoms with Crippen LogP contribution in [0.5, 0.6) is 0 Å². The predicted octanol–water partition coefficient (Wildman–Crippen LogP) is 8.19. The molecular weight excluding hydrogens is 1560 g/mol. The Morgan fingerprint density at radius 2 is 0.780 bits per heavy atom. The monoisotopic (exact) mass is 1650 g/mol. The first-order chi connectivity index (χ1) is 59.7. The smallest absolute Gasteiger partial charge is 0.251 e. The van der Waals surface area contributed by atoms with Crippen LogP contribution in [0.2, 0.25) is 0 Å². The number of rotatable bonds is 34. The van der Waals surface area contributed by atoms with E-state index in [1.54, 1.807) is 68.0 Å². The molecule has 33 heteroatoms. The largest absolute Gasteiger partial charge is 0.368 e.